The average molecular weight is 561 g/mol. The minimum Gasteiger partial charge on any atom is -0.266 e. The first-order chi connectivity index (χ1) is 17.0. The van der Waals surface area contributed by atoms with E-state index in [-0.39, 0.29) is 5.56 Å². The standard InChI is InChI=1S/C26H15BrClN5OS/c27-19-10-6-17(7-11-19)24-29-26-33(31-24)25(34)22(35-26)14-18-15-32(21-4-2-1-3-5-21)30-23(18)16-8-12-20(28)13-9-16/h1-15H. The molecule has 0 aliphatic carbocycles. The number of aromatic nitrogens is 5. The molecular weight excluding hydrogens is 546 g/mol. The summed E-state index contributed by atoms with van der Waals surface area (Å²) in [6.07, 6.45) is 3.76. The van der Waals surface area contributed by atoms with E-state index in [1.54, 1.807) is 0 Å². The second-order valence-electron chi connectivity index (χ2n) is 7.77. The maximum Gasteiger partial charge on any atom is 0.291 e. The smallest absolute Gasteiger partial charge is 0.266 e. The van der Waals surface area contributed by atoms with Gasteiger partial charge >= 0.3 is 0 Å². The Morgan fingerprint density at radius 2 is 1.60 bits per heavy atom. The fraction of sp³-hybridized carbons (Fsp3) is 0. The molecule has 0 atom stereocenters. The maximum atomic E-state index is 13.2. The first-order valence-electron chi connectivity index (χ1n) is 10.6. The van der Waals surface area contributed by atoms with E-state index in [4.69, 9.17) is 16.7 Å². The van der Waals surface area contributed by atoms with E-state index in [1.807, 2.05) is 95.8 Å². The van der Waals surface area contributed by atoms with E-state index >= 15 is 0 Å². The predicted molar refractivity (Wildman–Crippen MR) is 143 cm³/mol. The van der Waals surface area contributed by atoms with Gasteiger partial charge in [0.2, 0.25) is 4.96 Å². The molecule has 0 unspecified atom stereocenters. The molecule has 0 bridgehead atoms. The second-order valence-corrected chi connectivity index (χ2v) is 10.1. The van der Waals surface area contributed by atoms with Crippen LogP contribution in [0.3, 0.4) is 0 Å². The van der Waals surface area contributed by atoms with Gasteiger partial charge in [-0.1, -0.05) is 81.3 Å². The maximum absolute atomic E-state index is 13.2. The van der Waals surface area contributed by atoms with Crippen LogP contribution >= 0.6 is 38.9 Å². The summed E-state index contributed by atoms with van der Waals surface area (Å²) in [6.45, 7) is 0. The summed E-state index contributed by atoms with van der Waals surface area (Å²) in [6, 6.07) is 25.0. The molecule has 0 fully saturated rings. The molecular formula is C26H15BrClN5OS. The lowest BCUT2D eigenvalue weighted by Gasteiger charge is -2.00. The fourth-order valence-corrected chi connectivity index (χ4v) is 5.02. The highest BCUT2D eigenvalue weighted by atomic mass is 79.9. The number of fused-ring (bicyclic) bond motifs is 1. The van der Waals surface area contributed by atoms with Gasteiger partial charge in [-0.25, -0.2) is 4.68 Å². The quantitative estimate of drug-likeness (QED) is 0.280. The normalized spacial score (nSPS) is 12.0. The van der Waals surface area contributed by atoms with Gasteiger partial charge in [0.05, 0.1) is 10.2 Å². The van der Waals surface area contributed by atoms with Gasteiger partial charge in [0, 0.05) is 32.4 Å². The van der Waals surface area contributed by atoms with Gasteiger partial charge in [0.1, 0.15) is 5.69 Å². The molecule has 6 rings (SSSR count). The van der Waals surface area contributed by atoms with Crippen LogP contribution in [0.4, 0.5) is 0 Å². The number of para-hydroxylation sites is 1. The molecule has 6 aromatic rings. The summed E-state index contributed by atoms with van der Waals surface area (Å²) in [7, 11) is 0. The topological polar surface area (TPSA) is 65.1 Å². The zero-order chi connectivity index (χ0) is 23.9. The van der Waals surface area contributed by atoms with Crippen LogP contribution in [0, 0.1) is 0 Å². The molecule has 0 N–H and O–H groups in total. The van der Waals surface area contributed by atoms with Gasteiger partial charge in [-0.15, -0.1) is 5.10 Å². The summed E-state index contributed by atoms with van der Waals surface area (Å²) in [4.78, 5) is 18.3. The number of halogens is 2. The van der Waals surface area contributed by atoms with Crippen LogP contribution in [-0.4, -0.2) is 24.4 Å². The van der Waals surface area contributed by atoms with Crippen molar-refractivity contribution >= 4 is 49.9 Å². The Morgan fingerprint density at radius 1 is 0.886 bits per heavy atom. The van der Waals surface area contributed by atoms with Crippen molar-refractivity contribution in [1.29, 1.82) is 0 Å². The van der Waals surface area contributed by atoms with Crippen LogP contribution in [0.15, 0.2) is 94.3 Å². The summed E-state index contributed by atoms with van der Waals surface area (Å²) in [5.41, 5.74) is 4.02. The zero-order valence-corrected chi connectivity index (χ0v) is 21.1. The predicted octanol–water partition coefficient (Wildman–Crippen LogP) is 5.63. The highest BCUT2D eigenvalue weighted by molar-refractivity contribution is 9.10. The van der Waals surface area contributed by atoms with Crippen molar-refractivity contribution in [1.82, 2.24) is 24.4 Å². The van der Waals surface area contributed by atoms with Gasteiger partial charge < -0.3 is 0 Å². The first kappa shape index (κ1) is 21.9. The summed E-state index contributed by atoms with van der Waals surface area (Å²) in [5.74, 6) is 0.520. The molecule has 0 saturated carbocycles. The SMILES string of the molecule is O=c1c(=Cc2cn(-c3ccccc3)nc2-c2ccc(Cl)cc2)sc2nc(-c3ccc(Br)cc3)nn12. The average Bonchev–Trinajstić information content (AvgIpc) is 3.56. The minimum absolute atomic E-state index is 0.213. The van der Waals surface area contributed by atoms with E-state index in [0.717, 1.165) is 32.5 Å². The van der Waals surface area contributed by atoms with Crippen LogP contribution in [0.2, 0.25) is 5.02 Å². The van der Waals surface area contributed by atoms with Crippen LogP contribution in [0.1, 0.15) is 5.56 Å². The van der Waals surface area contributed by atoms with Crippen molar-refractivity contribution in [2.45, 2.75) is 0 Å². The third-order valence-electron chi connectivity index (χ3n) is 5.45. The highest BCUT2D eigenvalue weighted by Crippen LogP contribution is 2.26. The molecule has 0 aliphatic rings. The molecule has 6 nitrogen and oxygen atoms in total. The molecule has 3 aromatic heterocycles. The largest absolute Gasteiger partial charge is 0.291 e. The second kappa shape index (κ2) is 8.88. The van der Waals surface area contributed by atoms with Gasteiger partial charge in [0.15, 0.2) is 5.82 Å². The highest BCUT2D eigenvalue weighted by Gasteiger charge is 2.15. The van der Waals surface area contributed by atoms with Crippen molar-refractivity contribution in [2.24, 2.45) is 0 Å². The zero-order valence-electron chi connectivity index (χ0n) is 18.0. The van der Waals surface area contributed by atoms with Crippen molar-refractivity contribution in [3.05, 3.63) is 115 Å². The van der Waals surface area contributed by atoms with Crippen LogP contribution in [-0.2, 0) is 0 Å². The third-order valence-corrected chi connectivity index (χ3v) is 7.19. The lowest BCUT2D eigenvalue weighted by atomic mass is 10.1. The Morgan fingerprint density at radius 3 is 2.31 bits per heavy atom. The monoisotopic (exact) mass is 559 g/mol. The Kier molecular flexibility index (Phi) is 5.56. The van der Waals surface area contributed by atoms with Crippen molar-refractivity contribution in [3.8, 4) is 28.3 Å². The first-order valence-corrected chi connectivity index (χ1v) is 12.6. The van der Waals surface area contributed by atoms with E-state index in [0.29, 0.717) is 20.3 Å². The van der Waals surface area contributed by atoms with Gasteiger partial charge in [0.25, 0.3) is 5.56 Å². The molecule has 0 saturated heterocycles. The molecule has 0 amide bonds. The summed E-state index contributed by atoms with van der Waals surface area (Å²) in [5, 5.41) is 9.91. The molecule has 0 aliphatic heterocycles. The molecule has 3 aromatic carbocycles. The van der Waals surface area contributed by atoms with Crippen LogP contribution < -0.4 is 10.1 Å². The Balaban J connectivity index is 1.48. The molecule has 3 heterocycles. The lowest BCUT2D eigenvalue weighted by molar-refractivity contribution is 0.884. The van der Waals surface area contributed by atoms with E-state index in [1.165, 1.54) is 15.9 Å². The lowest BCUT2D eigenvalue weighted by Crippen LogP contribution is -2.23. The molecule has 170 valence electrons. The van der Waals surface area contributed by atoms with Crippen LogP contribution in [0.25, 0.3) is 39.4 Å². The number of benzene rings is 3. The van der Waals surface area contributed by atoms with Crippen molar-refractivity contribution in [2.75, 3.05) is 0 Å². The number of nitrogens with zero attached hydrogens (tertiary/aromatic N) is 5. The van der Waals surface area contributed by atoms with E-state index < -0.39 is 0 Å². The molecule has 0 spiro atoms. The van der Waals surface area contributed by atoms with Crippen molar-refractivity contribution in [3.63, 3.8) is 0 Å². The Bertz CT molecular complexity index is 1770. The third kappa shape index (κ3) is 4.20. The van der Waals surface area contributed by atoms with Crippen LogP contribution in [0.5, 0.6) is 0 Å². The Labute approximate surface area is 216 Å². The van der Waals surface area contributed by atoms with E-state index in [9.17, 15) is 4.79 Å². The number of rotatable bonds is 4. The number of hydrogen-bond donors (Lipinski definition) is 0. The number of thiazole rings is 1. The summed E-state index contributed by atoms with van der Waals surface area (Å²) >= 11 is 10.8. The molecule has 35 heavy (non-hydrogen) atoms. The van der Waals surface area contributed by atoms with Gasteiger partial charge in [-0.05, 0) is 42.5 Å². The van der Waals surface area contributed by atoms with Gasteiger partial charge in [-0.3, -0.25) is 4.79 Å². The number of hydrogen-bond acceptors (Lipinski definition) is 5. The fourth-order valence-electron chi connectivity index (χ4n) is 3.73. The summed E-state index contributed by atoms with van der Waals surface area (Å²) < 4.78 is 4.67. The van der Waals surface area contributed by atoms with E-state index in [2.05, 4.69) is 26.0 Å². The molecule has 9 heteroatoms. The minimum atomic E-state index is -0.213. The van der Waals surface area contributed by atoms with Crippen molar-refractivity contribution < 1.29 is 0 Å². The molecule has 0 radical (unpaired) electrons. The Hall–Kier alpha value is -3.59. The van der Waals surface area contributed by atoms with Gasteiger partial charge in [-0.2, -0.15) is 14.6 Å².